The molecule has 1 atom stereocenters. The lowest BCUT2D eigenvalue weighted by Gasteiger charge is -2.15. The normalized spacial score (nSPS) is 11.9. The second-order valence-electron chi connectivity index (χ2n) is 4.24. The highest BCUT2D eigenvalue weighted by Crippen LogP contribution is 2.22. The third kappa shape index (κ3) is 3.50. The average Bonchev–Trinajstić information content (AvgIpc) is 2.92. The first-order chi connectivity index (χ1) is 9.56. The summed E-state index contributed by atoms with van der Waals surface area (Å²) in [5.41, 5.74) is 5.76. The van der Waals surface area contributed by atoms with Crippen LogP contribution in [-0.2, 0) is 11.3 Å². The fourth-order valence-corrected chi connectivity index (χ4v) is 1.60. The minimum atomic E-state index is -0.752. The Morgan fingerprint density at radius 2 is 2.30 bits per heavy atom. The lowest BCUT2D eigenvalue weighted by atomic mass is 10.3. The molecule has 2 rings (SSSR count). The van der Waals surface area contributed by atoms with Crippen molar-refractivity contribution < 1.29 is 18.3 Å². The summed E-state index contributed by atoms with van der Waals surface area (Å²) in [7, 11) is 0. The molecule has 1 aromatic carbocycles. The predicted octanol–water partition coefficient (Wildman–Crippen LogP) is 2.08. The zero-order valence-corrected chi connectivity index (χ0v) is 10.9. The third-order valence-corrected chi connectivity index (χ3v) is 2.66. The van der Waals surface area contributed by atoms with Gasteiger partial charge in [-0.2, -0.15) is 0 Å². The molecular formula is C14H15FN2O3. The van der Waals surface area contributed by atoms with Gasteiger partial charge in [-0.25, -0.2) is 4.39 Å². The summed E-state index contributed by atoms with van der Waals surface area (Å²) < 4.78 is 23.4. The Kier molecular flexibility index (Phi) is 4.24. The number of hydrogen-bond acceptors (Lipinski definition) is 4. The number of anilines is 1. The molecule has 0 bridgehead atoms. The second-order valence-corrected chi connectivity index (χ2v) is 4.24. The van der Waals surface area contributed by atoms with Crippen LogP contribution in [0.1, 0.15) is 12.7 Å². The molecule has 1 unspecified atom stereocenters. The highest BCUT2D eigenvalue weighted by molar-refractivity contribution is 5.80. The molecule has 6 heteroatoms. The van der Waals surface area contributed by atoms with E-state index in [1.807, 2.05) is 0 Å². The molecule has 3 N–H and O–H groups in total. The van der Waals surface area contributed by atoms with Gasteiger partial charge >= 0.3 is 0 Å². The van der Waals surface area contributed by atoms with Crippen molar-refractivity contribution in [3.63, 3.8) is 0 Å². The van der Waals surface area contributed by atoms with Crippen LogP contribution in [0.5, 0.6) is 5.75 Å². The topological polar surface area (TPSA) is 77.5 Å². The quantitative estimate of drug-likeness (QED) is 0.821. The third-order valence-electron chi connectivity index (χ3n) is 2.66. The fraction of sp³-hybridized carbons (Fsp3) is 0.214. The molecule has 0 aliphatic rings. The smallest absolute Gasteiger partial charge is 0.261 e. The SMILES string of the molecule is CC(Oc1ccc(F)cc1N)C(=O)NCc1ccco1. The Hall–Kier alpha value is -2.50. The van der Waals surface area contributed by atoms with Crippen LogP contribution < -0.4 is 15.8 Å². The van der Waals surface area contributed by atoms with E-state index in [0.717, 1.165) is 6.07 Å². The minimum absolute atomic E-state index is 0.149. The summed E-state index contributed by atoms with van der Waals surface area (Å²) in [6.07, 6.45) is 0.776. The minimum Gasteiger partial charge on any atom is -0.479 e. The Morgan fingerprint density at radius 1 is 1.50 bits per heavy atom. The van der Waals surface area contributed by atoms with Gasteiger partial charge in [0.2, 0.25) is 0 Å². The number of rotatable bonds is 5. The van der Waals surface area contributed by atoms with Gasteiger partial charge in [0.05, 0.1) is 18.5 Å². The highest BCUT2D eigenvalue weighted by Gasteiger charge is 2.16. The summed E-state index contributed by atoms with van der Waals surface area (Å²) in [6.45, 7) is 1.86. The van der Waals surface area contributed by atoms with Gasteiger partial charge in [0.1, 0.15) is 17.3 Å². The highest BCUT2D eigenvalue weighted by atomic mass is 19.1. The van der Waals surface area contributed by atoms with Crippen LogP contribution >= 0.6 is 0 Å². The number of amides is 1. The number of halogens is 1. The number of ether oxygens (including phenoxy) is 1. The summed E-state index contributed by atoms with van der Waals surface area (Å²) in [5, 5.41) is 2.66. The summed E-state index contributed by atoms with van der Waals surface area (Å²) in [4.78, 5) is 11.8. The van der Waals surface area contributed by atoms with E-state index in [1.54, 1.807) is 19.1 Å². The van der Waals surface area contributed by atoms with Crippen molar-refractivity contribution in [2.45, 2.75) is 19.6 Å². The lowest BCUT2D eigenvalue weighted by Crippen LogP contribution is -2.35. The zero-order valence-electron chi connectivity index (χ0n) is 10.9. The predicted molar refractivity (Wildman–Crippen MR) is 71.5 cm³/mol. The van der Waals surface area contributed by atoms with E-state index in [-0.39, 0.29) is 23.9 Å². The van der Waals surface area contributed by atoms with Crippen LogP contribution in [0, 0.1) is 5.82 Å². The van der Waals surface area contributed by atoms with Crippen LogP contribution in [0.25, 0.3) is 0 Å². The number of hydrogen-bond donors (Lipinski definition) is 2. The van der Waals surface area contributed by atoms with E-state index in [0.29, 0.717) is 5.76 Å². The van der Waals surface area contributed by atoms with Crippen molar-refractivity contribution in [1.82, 2.24) is 5.32 Å². The Balaban J connectivity index is 1.90. The number of carbonyl (C=O) groups is 1. The molecular weight excluding hydrogens is 263 g/mol. The maximum absolute atomic E-state index is 12.9. The van der Waals surface area contributed by atoms with Crippen LogP contribution in [-0.4, -0.2) is 12.0 Å². The van der Waals surface area contributed by atoms with E-state index in [4.69, 9.17) is 14.9 Å². The summed E-state index contributed by atoms with van der Waals surface area (Å²) in [6, 6.07) is 7.24. The van der Waals surface area contributed by atoms with E-state index < -0.39 is 11.9 Å². The lowest BCUT2D eigenvalue weighted by molar-refractivity contribution is -0.127. The maximum atomic E-state index is 12.9. The number of carbonyl (C=O) groups excluding carboxylic acids is 1. The molecule has 20 heavy (non-hydrogen) atoms. The maximum Gasteiger partial charge on any atom is 0.261 e. The zero-order chi connectivity index (χ0) is 14.5. The van der Waals surface area contributed by atoms with Gasteiger partial charge in [-0.15, -0.1) is 0 Å². The second kappa shape index (κ2) is 6.10. The van der Waals surface area contributed by atoms with Crippen LogP contribution in [0.2, 0.25) is 0 Å². The molecule has 2 aromatic rings. The monoisotopic (exact) mass is 278 g/mol. The van der Waals surface area contributed by atoms with Gasteiger partial charge in [-0.05, 0) is 31.2 Å². The molecule has 1 aromatic heterocycles. The Bertz CT molecular complexity index is 584. The first kappa shape index (κ1) is 13.9. The van der Waals surface area contributed by atoms with Gasteiger partial charge in [-0.3, -0.25) is 4.79 Å². The average molecular weight is 278 g/mol. The van der Waals surface area contributed by atoms with Crippen molar-refractivity contribution in [3.8, 4) is 5.75 Å². The first-order valence-corrected chi connectivity index (χ1v) is 6.08. The number of furan rings is 1. The van der Waals surface area contributed by atoms with E-state index in [2.05, 4.69) is 5.32 Å². The van der Waals surface area contributed by atoms with Gasteiger partial charge in [-0.1, -0.05) is 0 Å². The molecule has 0 aliphatic heterocycles. The fourth-order valence-electron chi connectivity index (χ4n) is 1.60. The van der Waals surface area contributed by atoms with Crippen molar-refractivity contribution in [3.05, 3.63) is 48.2 Å². The summed E-state index contributed by atoms with van der Waals surface area (Å²) in [5.74, 6) is 0.147. The molecule has 0 spiro atoms. The van der Waals surface area contributed by atoms with Gasteiger partial charge < -0.3 is 20.2 Å². The Morgan fingerprint density at radius 3 is 2.95 bits per heavy atom. The number of nitrogen functional groups attached to an aromatic ring is 1. The molecule has 0 saturated heterocycles. The number of nitrogens with one attached hydrogen (secondary N) is 1. The van der Waals surface area contributed by atoms with E-state index >= 15 is 0 Å². The van der Waals surface area contributed by atoms with Crippen molar-refractivity contribution >= 4 is 11.6 Å². The molecule has 0 saturated carbocycles. The van der Waals surface area contributed by atoms with Gasteiger partial charge in [0, 0.05) is 6.07 Å². The van der Waals surface area contributed by atoms with Crippen LogP contribution in [0.4, 0.5) is 10.1 Å². The Labute approximate surface area is 115 Å². The van der Waals surface area contributed by atoms with Crippen LogP contribution in [0.3, 0.4) is 0 Å². The molecule has 1 amide bonds. The first-order valence-electron chi connectivity index (χ1n) is 6.08. The number of nitrogens with two attached hydrogens (primary N) is 1. The van der Waals surface area contributed by atoms with Gasteiger partial charge in [0.15, 0.2) is 6.10 Å². The number of benzene rings is 1. The molecule has 0 radical (unpaired) electrons. The van der Waals surface area contributed by atoms with Gasteiger partial charge in [0.25, 0.3) is 5.91 Å². The molecule has 106 valence electrons. The molecule has 0 fully saturated rings. The van der Waals surface area contributed by atoms with Crippen molar-refractivity contribution in [1.29, 1.82) is 0 Å². The van der Waals surface area contributed by atoms with Crippen LogP contribution in [0.15, 0.2) is 41.0 Å². The van der Waals surface area contributed by atoms with E-state index in [9.17, 15) is 9.18 Å². The van der Waals surface area contributed by atoms with Crippen molar-refractivity contribution in [2.75, 3.05) is 5.73 Å². The molecule has 1 heterocycles. The largest absolute Gasteiger partial charge is 0.479 e. The van der Waals surface area contributed by atoms with E-state index in [1.165, 1.54) is 18.4 Å². The molecule has 5 nitrogen and oxygen atoms in total. The standard InChI is InChI=1S/C14H15FN2O3/c1-9(14(18)17-8-11-3-2-6-19-11)20-13-5-4-10(15)7-12(13)16/h2-7,9H,8,16H2,1H3,(H,17,18). The summed E-state index contributed by atoms with van der Waals surface area (Å²) >= 11 is 0. The van der Waals surface area contributed by atoms with Crippen molar-refractivity contribution in [2.24, 2.45) is 0 Å². The molecule has 0 aliphatic carbocycles.